The molecule has 0 spiro atoms. The van der Waals surface area contributed by atoms with Crippen LogP contribution in [-0.2, 0) is 0 Å². The van der Waals surface area contributed by atoms with E-state index in [4.69, 9.17) is 5.73 Å². The van der Waals surface area contributed by atoms with Crippen molar-refractivity contribution >= 4 is 27.7 Å². The maximum Gasteiger partial charge on any atom is 0.261 e. The van der Waals surface area contributed by atoms with Gasteiger partial charge in [0.1, 0.15) is 0 Å². The summed E-state index contributed by atoms with van der Waals surface area (Å²) in [5, 5.41) is 0. The van der Waals surface area contributed by atoms with Crippen LogP contribution in [0.25, 0.3) is 0 Å². The van der Waals surface area contributed by atoms with Crippen molar-refractivity contribution in [3.05, 3.63) is 33.8 Å². The van der Waals surface area contributed by atoms with Crippen LogP contribution in [0, 0.1) is 0 Å². The summed E-state index contributed by atoms with van der Waals surface area (Å²) < 4.78 is 0.801. The summed E-state index contributed by atoms with van der Waals surface area (Å²) in [4.78, 5) is 25.7. The zero-order valence-corrected chi connectivity index (χ0v) is 11.4. The topological polar surface area (TPSA) is 63.4 Å². The average molecular weight is 309 g/mol. The Morgan fingerprint density at radius 1 is 1.22 bits per heavy atom. The minimum atomic E-state index is -0.370. The summed E-state index contributed by atoms with van der Waals surface area (Å²) in [6, 6.07) is 5.15. The Labute approximate surface area is 113 Å². The van der Waals surface area contributed by atoms with Crippen LogP contribution in [0.2, 0.25) is 0 Å². The molecule has 1 saturated carbocycles. The summed E-state index contributed by atoms with van der Waals surface area (Å²) in [6.45, 7) is 0.330. The molecule has 18 heavy (non-hydrogen) atoms. The number of rotatable bonds is 2. The highest BCUT2D eigenvalue weighted by molar-refractivity contribution is 9.10. The standard InChI is InChI=1S/C13H13BrN2O2/c14-8-2-3-9-10(6-8)12(18)16(11(9)17)7-13(15)4-1-5-13/h2-3,6H,1,4-5,7,15H2. The molecule has 2 aliphatic rings. The molecule has 0 unspecified atom stereocenters. The van der Waals surface area contributed by atoms with Crippen molar-refractivity contribution in [3.8, 4) is 0 Å². The van der Waals surface area contributed by atoms with Gasteiger partial charge in [0.15, 0.2) is 0 Å². The normalized spacial score (nSPS) is 20.9. The second-order valence-electron chi connectivity index (χ2n) is 5.10. The van der Waals surface area contributed by atoms with E-state index in [1.165, 1.54) is 4.90 Å². The molecule has 1 aliphatic heterocycles. The number of fused-ring (bicyclic) bond motifs is 1. The molecule has 1 aromatic rings. The zero-order chi connectivity index (χ0) is 12.9. The van der Waals surface area contributed by atoms with E-state index in [-0.39, 0.29) is 17.4 Å². The van der Waals surface area contributed by atoms with E-state index in [0.717, 1.165) is 23.7 Å². The summed E-state index contributed by atoms with van der Waals surface area (Å²) in [5.74, 6) is -0.452. The Kier molecular flexibility index (Phi) is 2.57. The highest BCUT2D eigenvalue weighted by Gasteiger charge is 2.42. The molecule has 0 atom stereocenters. The Bertz CT molecular complexity index is 552. The Morgan fingerprint density at radius 2 is 1.89 bits per heavy atom. The fraction of sp³-hybridized carbons (Fsp3) is 0.385. The van der Waals surface area contributed by atoms with E-state index >= 15 is 0 Å². The number of carbonyl (C=O) groups excluding carboxylic acids is 2. The number of nitrogens with two attached hydrogens (primary N) is 1. The summed E-state index contributed by atoms with van der Waals surface area (Å²) in [7, 11) is 0. The second kappa shape index (κ2) is 3.90. The molecule has 0 aromatic heterocycles. The predicted molar refractivity (Wildman–Crippen MR) is 70.3 cm³/mol. The van der Waals surface area contributed by atoms with Crippen LogP contribution in [0.4, 0.5) is 0 Å². The van der Waals surface area contributed by atoms with Crippen molar-refractivity contribution in [1.29, 1.82) is 0 Å². The first-order valence-electron chi connectivity index (χ1n) is 5.95. The van der Waals surface area contributed by atoms with Crippen LogP contribution >= 0.6 is 15.9 Å². The minimum absolute atomic E-state index is 0.223. The van der Waals surface area contributed by atoms with Gasteiger partial charge in [0.25, 0.3) is 11.8 Å². The molecule has 2 amide bonds. The van der Waals surface area contributed by atoms with Gasteiger partial charge in [-0.15, -0.1) is 0 Å². The summed E-state index contributed by atoms with van der Waals surface area (Å²) in [5.41, 5.74) is 6.69. The van der Waals surface area contributed by atoms with Crippen molar-refractivity contribution in [1.82, 2.24) is 4.90 Å². The van der Waals surface area contributed by atoms with Crippen molar-refractivity contribution < 1.29 is 9.59 Å². The average Bonchev–Trinajstić information content (AvgIpc) is 2.52. The van der Waals surface area contributed by atoms with Gasteiger partial charge in [-0.2, -0.15) is 0 Å². The number of hydrogen-bond acceptors (Lipinski definition) is 3. The van der Waals surface area contributed by atoms with Crippen LogP contribution in [0.3, 0.4) is 0 Å². The highest BCUT2D eigenvalue weighted by Crippen LogP contribution is 2.33. The van der Waals surface area contributed by atoms with E-state index in [1.807, 2.05) is 0 Å². The number of imide groups is 1. The molecule has 0 saturated heterocycles. The number of carbonyl (C=O) groups is 2. The third-order valence-electron chi connectivity index (χ3n) is 3.76. The van der Waals surface area contributed by atoms with E-state index in [2.05, 4.69) is 15.9 Å². The van der Waals surface area contributed by atoms with Crippen LogP contribution in [0.1, 0.15) is 40.0 Å². The lowest BCUT2D eigenvalue weighted by Crippen LogP contribution is -2.56. The molecule has 2 N–H and O–H groups in total. The number of nitrogens with zero attached hydrogens (tertiary/aromatic N) is 1. The van der Waals surface area contributed by atoms with Gasteiger partial charge in [-0.3, -0.25) is 14.5 Å². The van der Waals surface area contributed by atoms with Crippen molar-refractivity contribution in [3.63, 3.8) is 0 Å². The van der Waals surface area contributed by atoms with Crippen LogP contribution in [0.5, 0.6) is 0 Å². The van der Waals surface area contributed by atoms with Gasteiger partial charge >= 0.3 is 0 Å². The second-order valence-corrected chi connectivity index (χ2v) is 6.02. The number of benzene rings is 1. The minimum Gasteiger partial charge on any atom is -0.324 e. The molecule has 0 bridgehead atoms. The third kappa shape index (κ3) is 1.69. The Balaban J connectivity index is 1.92. The molecule has 1 fully saturated rings. The number of hydrogen-bond donors (Lipinski definition) is 1. The molecule has 1 aromatic carbocycles. The van der Waals surface area contributed by atoms with Gasteiger partial charge in [-0.05, 0) is 37.5 Å². The lowest BCUT2D eigenvalue weighted by Gasteiger charge is -2.40. The number of amides is 2. The van der Waals surface area contributed by atoms with Crippen LogP contribution in [0.15, 0.2) is 22.7 Å². The van der Waals surface area contributed by atoms with Crippen LogP contribution < -0.4 is 5.73 Å². The zero-order valence-electron chi connectivity index (χ0n) is 9.78. The lowest BCUT2D eigenvalue weighted by molar-refractivity contribution is 0.0572. The maximum absolute atomic E-state index is 12.2. The molecule has 1 aliphatic carbocycles. The van der Waals surface area contributed by atoms with E-state index in [9.17, 15) is 9.59 Å². The Hall–Kier alpha value is -1.20. The smallest absolute Gasteiger partial charge is 0.261 e. The van der Waals surface area contributed by atoms with Gasteiger partial charge in [0.05, 0.1) is 11.1 Å². The first-order chi connectivity index (χ1) is 8.50. The van der Waals surface area contributed by atoms with Gasteiger partial charge < -0.3 is 5.73 Å². The largest absolute Gasteiger partial charge is 0.324 e. The molecule has 0 radical (unpaired) electrons. The SMILES string of the molecule is NC1(CN2C(=O)c3ccc(Br)cc3C2=O)CCC1. The monoisotopic (exact) mass is 308 g/mol. The summed E-state index contributed by atoms with van der Waals surface area (Å²) in [6.07, 6.45) is 2.83. The fourth-order valence-electron chi connectivity index (χ4n) is 2.51. The molecule has 4 nitrogen and oxygen atoms in total. The van der Waals surface area contributed by atoms with Crippen LogP contribution in [-0.4, -0.2) is 28.8 Å². The van der Waals surface area contributed by atoms with Gasteiger partial charge in [-0.25, -0.2) is 0 Å². The number of halogens is 1. The van der Waals surface area contributed by atoms with E-state index in [1.54, 1.807) is 18.2 Å². The van der Waals surface area contributed by atoms with Crippen molar-refractivity contribution in [2.45, 2.75) is 24.8 Å². The quantitative estimate of drug-likeness (QED) is 0.849. The Morgan fingerprint density at radius 3 is 2.50 bits per heavy atom. The van der Waals surface area contributed by atoms with Crippen molar-refractivity contribution in [2.24, 2.45) is 5.73 Å². The molecule has 94 valence electrons. The van der Waals surface area contributed by atoms with Gasteiger partial charge in [0.2, 0.25) is 0 Å². The third-order valence-corrected chi connectivity index (χ3v) is 4.25. The van der Waals surface area contributed by atoms with Gasteiger partial charge in [-0.1, -0.05) is 15.9 Å². The molecule has 1 heterocycles. The molecular weight excluding hydrogens is 296 g/mol. The molecule has 3 rings (SSSR count). The lowest BCUT2D eigenvalue weighted by atomic mass is 9.77. The van der Waals surface area contributed by atoms with Crippen molar-refractivity contribution in [2.75, 3.05) is 6.54 Å². The highest BCUT2D eigenvalue weighted by atomic mass is 79.9. The predicted octanol–water partition coefficient (Wildman–Crippen LogP) is 1.93. The molecule has 5 heteroatoms. The van der Waals surface area contributed by atoms with E-state index < -0.39 is 0 Å². The fourth-order valence-corrected chi connectivity index (χ4v) is 2.87. The van der Waals surface area contributed by atoms with Gasteiger partial charge in [0, 0.05) is 16.6 Å². The van der Waals surface area contributed by atoms with E-state index in [0.29, 0.717) is 17.7 Å². The first-order valence-corrected chi connectivity index (χ1v) is 6.74. The summed E-state index contributed by atoms with van der Waals surface area (Å²) >= 11 is 3.31. The molecular formula is C13H13BrN2O2. The maximum atomic E-state index is 12.2. The first kappa shape index (κ1) is 11.9.